The van der Waals surface area contributed by atoms with Gasteiger partial charge in [0.05, 0.1) is 43.1 Å². The Kier molecular flexibility index (Phi) is 6.40. The molecular weight excluding hydrogens is 402 g/mol. The molecule has 1 saturated heterocycles. The molecule has 1 heterocycles. The standard InChI is InChI=1S/C19H20ClN3O6/c1-27-17-10-13(20)14(11-18(17)28-2)21-19(24)12-3-4-15(16(9-12)23(25)26)22-5-7-29-8-6-22/h3-4,9-11H,5-8H2,1-2H3,(H,21,24). The molecule has 1 N–H and O–H groups in total. The maximum absolute atomic E-state index is 12.7. The van der Waals surface area contributed by atoms with Gasteiger partial charge in [-0.2, -0.15) is 0 Å². The molecule has 0 radical (unpaired) electrons. The van der Waals surface area contributed by atoms with E-state index in [0.717, 1.165) is 0 Å². The van der Waals surface area contributed by atoms with Crippen LogP contribution >= 0.6 is 11.6 Å². The summed E-state index contributed by atoms with van der Waals surface area (Å²) in [6, 6.07) is 7.42. The van der Waals surface area contributed by atoms with Crippen molar-refractivity contribution in [2.24, 2.45) is 0 Å². The first-order chi connectivity index (χ1) is 13.9. The topological polar surface area (TPSA) is 103 Å². The number of anilines is 2. The first-order valence-corrected chi connectivity index (χ1v) is 9.16. The van der Waals surface area contributed by atoms with Gasteiger partial charge in [0.15, 0.2) is 11.5 Å². The summed E-state index contributed by atoms with van der Waals surface area (Å²) in [6.45, 7) is 2.09. The van der Waals surface area contributed by atoms with Crippen molar-refractivity contribution in [2.75, 3.05) is 50.7 Å². The number of carbonyl (C=O) groups excluding carboxylic acids is 1. The van der Waals surface area contributed by atoms with Crippen LogP contribution in [0, 0.1) is 10.1 Å². The molecule has 1 fully saturated rings. The third-order valence-electron chi connectivity index (χ3n) is 4.51. The second kappa shape index (κ2) is 8.97. The lowest BCUT2D eigenvalue weighted by molar-refractivity contribution is -0.384. The summed E-state index contributed by atoms with van der Waals surface area (Å²) in [5.41, 5.74) is 0.755. The third-order valence-corrected chi connectivity index (χ3v) is 4.82. The van der Waals surface area contributed by atoms with Crippen LogP contribution < -0.4 is 19.7 Å². The largest absolute Gasteiger partial charge is 0.493 e. The van der Waals surface area contributed by atoms with Crippen molar-refractivity contribution >= 4 is 34.6 Å². The van der Waals surface area contributed by atoms with Crippen LogP contribution in [0.1, 0.15) is 10.4 Å². The van der Waals surface area contributed by atoms with Crippen LogP contribution in [0.25, 0.3) is 0 Å². The number of methoxy groups -OCH3 is 2. The van der Waals surface area contributed by atoms with Crippen LogP contribution in [0.3, 0.4) is 0 Å². The van der Waals surface area contributed by atoms with Crippen molar-refractivity contribution in [1.29, 1.82) is 0 Å². The fraction of sp³-hybridized carbons (Fsp3) is 0.316. The zero-order chi connectivity index (χ0) is 21.0. The summed E-state index contributed by atoms with van der Waals surface area (Å²) in [5, 5.41) is 14.5. The van der Waals surface area contributed by atoms with Gasteiger partial charge >= 0.3 is 0 Å². The van der Waals surface area contributed by atoms with Gasteiger partial charge in [0.2, 0.25) is 0 Å². The molecule has 0 aromatic heterocycles. The highest BCUT2D eigenvalue weighted by Crippen LogP contribution is 2.36. The number of hydrogen-bond acceptors (Lipinski definition) is 7. The van der Waals surface area contributed by atoms with E-state index in [2.05, 4.69) is 5.32 Å². The van der Waals surface area contributed by atoms with Crippen molar-refractivity contribution in [3.63, 3.8) is 0 Å². The number of nitrogens with one attached hydrogen (secondary N) is 1. The zero-order valence-corrected chi connectivity index (χ0v) is 16.7. The number of nitro benzene ring substituents is 1. The van der Waals surface area contributed by atoms with Crippen LogP contribution in [0.5, 0.6) is 11.5 Å². The van der Waals surface area contributed by atoms with Gasteiger partial charge in [0.1, 0.15) is 5.69 Å². The number of ether oxygens (including phenoxy) is 3. The van der Waals surface area contributed by atoms with Crippen molar-refractivity contribution in [2.45, 2.75) is 0 Å². The van der Waals surface area contributed by atoms with Gasteiger partial charge in [-0.3, -0.25) is 14.9 Å². The minimum absolute atomic E-state index is 0.138. The maximum atomic E-state index is 12.7. The van der Waals surface area contributed by atoms with Crippen LogP contribution in [0.2, 0.25) is 5.02 Å². The second-order valence-corrected chi connectivity index (χ2v) is 6.61. The Morgan fingerprint density at radius 3 is 2.45 bits per heavy atom. The van der Waals surface area contributed by atoms with Crippen LogP contribution in [-0.4, -0.2) is 51.4 Å². The highest BCUT2D eigenvalue weighted by molar-refractivity contribution is 6.34. The maximum Gasteiger partial charge on any atom is 0.293 e. The molecule has 1 amide bonds. The number of amides is 1. The summed E-state index contributed by atoms with van der Waals surface area (Å²) in [5.74, 6) is 0.276. The van der Waals surface area contributed by atoms with Gasteiger partial charge in [0.25, 0.3) is 11.6 Å². The van der Waals surface area contributed by atoms with Crippen molar-refractivity contribution in [3.05, 3.63) is 51.0 Å². The van der Waals surface area contributed by atoms with E-state index in [1.54, 1.807) is 12.1 Å². The summed E-state index contributed by atoms with van der Waals surface area (Å²) < 4.78 is 15.7. The van der Waals surface area contributed by atoms with E-state index in [-0.39, 0.29) is 16.3 Å². The average Bonchev–Trinajstić information content (AvgIpc) is 2.74. The molecule has 0 saturated carbocycles. The molecule has 2 aromatic carbocycles. The van der Waals surface area contributed by atoms with Gasteiger partial charge in [-0.1, -0.05) is 11.6 Å². The van der Waals surface area contributed by atoms with Crippen molar-refractivity contribution in [1.82, 2.24) is 0 Å². The number of carbonyl (C=O) groups is 1. The predicted molar refractivity (Wildman–Crippen MR) is 109 cm³/mol. The number of rotatable bonds is 6. The first-order valence-electron chi connectivity index (χ1n) is 8.78. The molecule has 1 aliphatic rings. The second-order valence-electron chi connectivity index (χ2n) is 6.20. The number of hydrogen-bond donors (Lipinski definition) is 1. The van der Waals surface area contributed by atoms with E-state index < -0.39 is 10.8 Å². The minimum Gasteiger partial charge on any atom is -0.493 e. The molecule has 1 aliphatic heterocycles. The normalized spacial score (nSPS) is 13.7. The summed E-state index contributed by atoms with van der Waals surface area (Å²) in [6.07, 6.45) is 0. The summed E-state index contributed by atoms with van der Waals surface area (Å²) in [7, 11) is 2.94. The summed E-state index contributed by atoms with van der Waals surface area (Å²) >= 11 is 6.20. The average molecular weight is 422 g/mol. The molecule has 0 spiro atoms. The smallest absolute Gasteiger partial charge is 0.293 e. The Bertz CT molecular complexity index is 930. The van der Waals surface area contributed by atoms with Crippen LogP contribution in [0.4, 0.5) is 17.1 Å². The molecule has 154 valence electrons. The Labute approximate surface area is 172 Å². The molecule has 0 unspecified atom stereocenters. The van der Waals surface area contributed by atoms with E-state index in [1.165, 1.54) is 32.4 Å². The lowest BCUT2D eigenvalue weighted by Crippen LogP contribution is -2.36. The number of nitro groups is 1. The van der Waals surface area contributed by atoms with Crippen LogP contribution in [0.15, 0.2) is 30.3 Å². The van der Waals surface area contributed by atoms with Gasteiger partial charge < -0.3 is 24.4 Å². The van der Waals surface area contributed by atoms with Gasteiger partial charge in [-0.15, -0.1) is 0 Å². The molecule has 3 rings (SSSR count). The molecule has 0 bridgehead atoms. The Morgan fingerprint density at radius 1 is 1.17 bits per heavy atom. The van der Waals surface area contributed by atoms with E-state index in [1.807, 2.05) is 4.90 Å². The molecule has 29 heavy (non-hydrogen) atoms. The minimum atomic E-state index is -0.532. The highest BCUT2D eigenvalue weighted by atomic mass is 35.5. The monoisotopic (exact) mass is 421 g/mol. The highest BCUT2D eigenvalue weighted by Gasteiger charge is 2.24. The Morgan fingerprint density at radius 2 is 1.83 bits per heavy atom. The molecule has 2 aromatic rings. The first kappa shape index (κ1) is 20.7. The lowest BCUT2D eigenvalue weighted by Gasteiger charge is -2.28. The molecule has 0 aliphatic carbocycles. The quantitative estimate of drug-likeness (QED) is 0.563. The molecule has 9 nitrogen and oxygen atoms in total. The van der Waals surface area contributed by atoms with E-state index in [0.29, 0.717) is 49.2 Å². The van der Waals surface area contributed by atoms with Crippen LogP contribution in [-0.2, 0) is 4.74 Å². The number of benzene rings is 2. The fourth-order valence-electron chi connectivity index (χ4n) is 3.03. The van der Waals surface area contributed by atoms with Gasteiger partial charge in [0, 0.05) is 36.9 Å². The van der Waals surface area contributed by atoms with Crippen molar-refractivity contribution < 1.29 is 23.9 Å². The predicted octanol–water partition coefficient (Wildman–Crippen LogP) is 3.35. The van der Waals surface area contributed by atoms with Gasteiger partial charge in [-0.05, 0) is 12.1 Å². The van der Waals surface area contributed by atoms with E-state index in [9.17, 15) is 14.9 Å². The zero-order valence-electron chi connectivity index (χ0n) is 15.9. The van der Waals surface area contributed by atoms with Crippen molar-refractivity contribution in [3.8, 4) is 11.5 Å². The SMILES string of the molecule is COc1cc(Cl)c(NC(=O)c2ccc(N3CCOCC3)c([N+](=O)[O-])c2)cc1OC. The molecule has 10 heteroatoms. The lowest BCUT2D eigenvalue weighted by atomic mass is 10.1. The number of halogens is 1. The molecule has 0 atom stereocenters. The Balaban J connectivity index is 1.88. The number of nitrogens with zero attached hydrogens (tertiary/aromatic N) is 2. The van der Waals surface area contributed by atoms with E-state index in [4.69, 9.17) is 25.8 Å². The Hall–Kier alpha value is -3.04. The third kappa shape index (κ3) is 4.52. The number of morpholine rings is 1. The fourth-order valence-corrected chi connectivity index (χ4v) is 3.23. The summed E-state index contributed by atoms with van der Waals surface area (Å²) in [4.78, 5) is 25.6. The molecular formula is C19H20ClN3O6. The van der Waals surface area contributed by atoms with Gasteiger partial charge in [-0.25, -0.2) is 0 Å². The van der Waals surface area contributed by atoms with E-state index >= 15 is 0 Å².